The molecule has 20 heavy (non-hydrogen) atoms. The van der Waals surface area contributed by atoms with Crippen LogP contribution in [0.15, 0.2) is 21.5 Å². The zero-order valence-corrected chi connectivity index (χ0v) is 13.3. The fraction of sp³-hybridized carbons (Fsp3) is 0.500. The van der Waals surface area contributed by atoms with Crippen LogP contribution in [0.25, 0.3) is 0 Å². The summed E-state index contributed by atoms with van der Waals surface area (Å²) < 4.78 is 40.1. The van der Waals surface area contributed by atoms with Gasteiger partial charge in [-0.25, -0.2) is 17.5 Å². The van der Waals surface area contributed by atoms with Crippen LogP contribution in [0.5, 0.6) is 0 Å². The van der Waals surface area contributed by atoms with Gasteiger partial charge < -0.3 is 10.6 Å². The molecule has 0 spiro atoms. The largest absolute Gasteiger partial charge is 0.398 e. The number of likely N-dealkylation sites (tertiary alicyclic amines) is 1. The highest BCUT2D eigenvalue weighted by molar-refractivity contribution is 9.10. The lowest BCUT2D eigenvalue weighted by Gasteiger charge is -2.15. The Morgan fingerprint density at radius 3 is 2.65 bits per heavy atom. The molecule has 2 rings (SSSR count). The first-order chi connectivity index (χ1) is 9.40. The van der Waals surface area contributed by atoms with Gasteiger partial charge in [0, 0.05) is 13.1 Å². The minimum atomic E-state index is -3.72. The van der Waals surface area contributed by atoms with Gasteiger partial charge in [0.05, 0.1) is 10.2 Å². The van der Waals surface area contributed by atoms with E-state index in [0.717, 1.165) is 32.0 Å². The fourth-order valence-corrected chi connectivity index (χ4v) is 3.85. The third-order valence-corrected chi connectivity index (χ3v) is 5.39. The Balaban J connectivity index is 2.04. The van der Waals surface area contributed by atoms with Crippen LogP contribution in [0.3, 0.4) is 0 Å². The van der Waals surface area contributed by atoms with Crippen LogP contribution in [0.2, 0.25) is 0 Å². The molecule has 1 aliphatic rings. The van der Waals surface area contributed by atoms with Crippen molar-refractivity contribution in [3.63, 3.8) is 0 Å². The molecule has 1 heterocycles. The summed E-state index contributed by atoms with van der Waals surface area (Å²) in [6, 6.07) is 2.18. The number of sulfonamides is 1. The third-order valence-electron chi connectivity index (χ3n) is 3.26. The summed E-state index contributed by atoms with van der Waals surface area (Å²) in [7, 11) is -3.72. The van der Waals surface area contributed by atoms with E-state index in [1.807, 2.05) is 0 Å². The van der Waals surface area contributed by atoms with Crippen LogP contribution in [-0.4, -0.2) is 39.5 Å². The van der Waals surface area contributed by atoms with Gasteiger partial charge in [-0.1, -0.05) is 0 Å². The van der Waals surface area contributed by atoms with Gasteiger partial charge in [-0.05, 0) is 54.0 Å². The molecule has 0 bridgehead atoms. The second-order valence-corrected chi connectivity index (χ2v) is 7.34. The summed E-state index contributed by atoms with van der Waals surface area (Å²) in [5, 5.41) is 0. The molecule has 3 N–H and O–H groups in total. The standard InChI is InChI=1S/C12H17BrFN3O2S/c13-9-7-12(11(15)8-10(9)14)20(18,19)16-3-6-17-4-1-2-5-17/h7-8,16H,1-6,15H2. The predicted octanol–water partition coefficient (Wildman–Crippen LogP) is 1.54. The summed E-state index contributed by atoms with van der Waals surface area (Å²) in [6.07, 6.45) is 2.31. The van der Waals surface area contributed by atoms with E-state index in [1.165, 1.54) is 6.07 Å². The molecular weight excluding hydrogens is 349 g/mol. The molecule has 112 valence electrons. The van der Waals surface area contributed by atoms with E-state index >= 15 is 0 Å². The van der Waals surface area contributed by atoms with Gasteiger partial charge in [-0.2, -0.15) is 0 Å². The highest BCUT2D eigenvalue weighted by Gasteiger charge is 2.20. The predicted molar refractivity (Wildman–Crippen MR) is 79.4 cm³/mol. The summed E-state index contributed by atoms with van der Waals surface area (Å²) >= 11 is 2.96. The van der Waals surface area contributed by atoms with Gasteiger partial charge in [-0.3, -0.25) is 0 Å². The van der Waals surface area contributed by atoms with Crippen molar-refractivity contribution in [1.29, 1.82) is 0 Å². The Morgan fingerprint density at radius 1 is 1.35 bits per heavy atom. The van der Waals surface area contributed by atoms with E-state index in [2.05, 4.69) is 25.6 Å². The molecule has 1 aliphatic heterocycles. The number of hydrogen-bond donors (Lipinski definition) is 2. The zero-order valence-electron chi connectivity index (χ0n) is 10.9. The zero-order chi connectivity index (χ0) is 14.8. The fourth-order valence-electron chi connectivity index (χ4n) is 2.20. The van der Waals surface area contributed by atoms with Gasteiger partial charge in [0.25, 0.3) is 0 Å². The molecular formula is C12H17BrFN3O2S. The molecule has 0 radical (unpaired) electrons. The van der Waals surface area contributed by atoms with Crippen LogP contribution in [0, 0.1) is 5.82 Å². The van der Waals surface area contributed by atoms with Crippen molar-refractivity contribution in [2.24, 2.45) is 0 Å². The molecule has 1 saturated heterocycles. The lowest BCUT2D eigenvalue weighted by molar-refractivity contribution is 0.344. The third kappa shape index (κ3) is 3.69. The molecule has 5 nitrogen and oxygen atoms in total. The first-order valence-electron chi connectivity index (χ1n) is 6.37. The van der Waals surface area contributed by atoms with Crippen LogP contribution in [0.1, 0.15) is 12.8 Å². The van der Waals surface area contributed by atoms with Crippen molar-refractivity contribution < 1.29 is 12.8 Å². The second-order valence-electron chi connectivity index (χ2n) is 4.75. The maximum atomic E-state index is 13.3. The molecule has 0 amide bonds. The van der Waals surface area contributed by atoms with Crippen LogP contribution < -0.4 is 10.5 Å². The van der Waals surface area contributed by atoms with E-state index < -0.39 is 15.8 Å². The highest BCUT2D eigenvalue weighted by Crippen LogP contribution is 2.25. The summed E-state index contributed by atoms with van der Waals surface area (Å²) in [4.78, 5) is 2.10. The number of nitrogens with one attached hydrogen (secondary N) is 1. The van der Waals surface area contributed by atoms with Crippen LogP contribution in [-0.2, 0) is 10.0 Å². The van der Waals surface area contributed by atoms with Gasteiger partial charge in [-0.15, -0.1) is 0 Å². The number of rotatable bonds is 5. The van der Waals surface area contributed by atoms with Gasteiger partial charge in [0.2, 0.25) is 10.0 Å². The Bertz CT molecular complexity index is 589. The summed E-state index contributed by atoms with van der Waals surface area (Å²) in [5.41, 5.74) is 5.48. The molecule has 0 aliphatic carbocycles. The highest BCUT2D eigenvalue weighted by atomic mass is 79.9. The van der Waals surface area contributed by atoms with Crippen molar-refractivity contribution in [3.05, 3.63) is 22.4 Å². The quantitative estimate of drug-likeness (QED) is 0.776. The Morgan fingerprint density at radius 2 is 2.00 bits per heavy atom. The normalized spacial score (nSPS) is 16.7. The lowest BCUT2D eigenvalue weighted by Crippen LogP contribution is -2.33. The molecule has 8 heteroatoms. The number of hydrogen-bond acceptors (Lipinski definition) is 4. The lowest BCUT2D eigenvalue weighted by atomic mass is 10.3. The number of anilines is 1. The molecule has 1 fully saturated rings. The van der Waals surface area contributed by atoms with Crippen molar-refractivity contribution in [1.82, 2.24) is 9.62 Å². The van der Waals surface area contributed by atoms with E-state index in [1.54, 1.807) is 0 Å². The van der Waals surface area contributed by atoms with Crippen molar-refractivity contribution in [2.75, 3.05) is 31.9 Å². The first kappa shape index (κ1) is 15.7. The maximum absolute atomic E-state index is 13.3. The smallest absolute Gasteiger partial charge is 0.242 e. The maximum Gasteiger partial charge on any atom is 0.242 e. The van der Waals surface area contributed by atoms with E-state index in [-0.39, 0.29) is 15.1 Å². The molecule has 0 unspecified atom stereocenters. The molecule has 0 saturated carbocycles. The van der Waals surface area contributed by atoms with Gasteiger partial charge in [0.1, 0.15) is 10.7 Å². The summed E-state index contributed by atoms with van der Waals surface area (Å²) in [6.45, 7) is 3.00. The molecule has 0 aromatic heterocycles. The summed E-state index contributed by atoms with van der Waals surface area (Å²) in [5.74, 6) is -0.585. The first-order valence-corrected chi connectivity index (χ1v) is 8.64. The average Bonchev–Trinajstić information content (AvgIpc) is 2.86. The Hall–Kier alpha value is -0.700. The average molecular weight is 366 g/mol. The number of benzene rings is 1. The van der Waals surface area contributed by atoms with E-state index in [0.29, 0.717) is 13.1 Å². The molecule has 1 aromatic carbocycles. The SMILES string of the molecule is Nc1cc(F)c(Br)cc1S(=O)(=O)NCCN1CCCC1. The van der Waals surface area contributed by atoms with Gasteiger partial charge in [0.15, 0.2) is 0 Å². The minimum absolute atomic E-state index is 0.0756. The van der Waals surface area contributed by atoms with Crippen LogP contribution >= 0.6 is 15.9 Å². The van der Waals surface area contributed by atoms with Crippen molar-refractivity contribution >= 4 is 31.6 Å². The number of nitrogen functional groups attached to an aromatic ring is 1. The van der Waals surface area contributed by atoms with Crippen molar-refractivity contribution in [3.8, 4) is 0 Å². The van der Waals surface area contributed by atoms with Crippen molar-refractivity contribution in [2.45, 2.75) is 17.7 Å². The monoisotopic (exact) mass is 365 g/mol. The number of nitrogens with zero attached hydrogens (tertiary/aromatic N) is 1. The Kier molecular flexibility index (Phi) is 5.00. The van der Waals surface area contributed by atoms with E-state index in [9.17, 15) is 12.8 Å². The van der Waals surface area contributed by atoms with Crippen LogP contribution in [0.4, 0.5) is 10.1 Å². The molecule has 1 aromatic rings. The minimum Gasteiger partial charge on any atom is -0.398 e. The van der Waals surface area contributed by atoms with Gasteiger partial charge >= 0.3 is 0 Å². The Labute approximate surface area is 126 Å². The second kappa shape index (κ2) is 6.38. The molecule has 0 atom stereocenters. The number of halogens is 2. The topological polar surface area (TPSA) is 75.4 Å². The van der Waals surface area contributed by atoms with E-state index in [4.69, 9.17) is 5.73 Å². The number of nitrogens with two attached hydrogens (primary N) is 1.